The predicted octanol–water partition coefficient (Wildman–Crippen LogP) is 5.63. The molecule has 2 aliphatic rings. The Labute approximate surface area is 184 Å². The van der Waals surface area contributed by atoms with Gasteiger partial charge in [-0.1, -0.05) is 13.0 Å². The first-order valence-corrected chi connectivity index (χ1v) is 11.8. The first kappa shape index (κ1) is 20.1. The van der Waals surface area contributed by atoms with Gasteiger partial charge in [0.1, 0.15) is 11.5 Å². The van der Waals surface area contributed by atoms with Crippen LogP contribution in [0.1, 0.15) is 49.4 Å². The van der Waals surface area contributed by atoms with Gasteiger partial charge in [0.2, 0.25) is 0 Å². The van der Waals surface area contributed by atoms with Gasteiger partial charge in [-0.15, -0.1) is 0 Å². The molecule has 3 heterocycles. The number of anilines is 3. The molecule has 0 bridgehead atoms. The Kier molecular flexibility index (Phi) is 5.68. The van der Waals surface area contributed by atoms with E-state index < -0.39 is 0 Å². The molecule has 1 fully saturated rings. The molecule has 1 saturated heterocycles. The van der Waals surface area contributed by atoms with Gasteiger partial charge in [0.15, 0.2) is 0 Å². The SMILES string of the molecule is CCC=C(c1cc(Nc2ccc3c4c([nH]c3n2)CCC4)ccc1NC)C1CCNCC1. The molecule has 162 valence electrons. The largest absolute Gasteiger partial charge is 0.388 e. The van der Waals surface area contributed by atoms with Gasteiger partial charge in [-0.05, 0) is 99.0 Å². The Morgan fingerprint density at radius 3 is 2.84 bits per heavy atom. The molecule has 1 aromatic carbocycles. The number of nitrogens with one attached hydrogen (secondary N) is 4. The molecule has 5 heteroatoms. The molecule has 1 aliphatic heterocycles. The minimum atomic E-state index is 0.610. The van der Waals surface area contributed by atoms with Gasteiger partial charge in [-0.25, -0.2) is 4.98 Å². The first-order valence-electron chi connectivity index (χ1n) is 11.8. The zero-order chi connectivity index (χ0) is 21.2. The topological polar surface area (TPSA) is 64.8 Å². The molecule has 1 aliphatic carbocycles. The second-order valence-corrected chi connectivity index (χ2v) is 8.76. The second-order valence-electron chi connectivity index (χ2n) is 8.76. The number of aromatic nitrogens is 2. The summed E-state index contributed by atoms with van der Waals surface area (Å²) < 4.78 is 0. The highest BCUT2D eigenvalue weighted by Crippen LogP contribution is 2.37. The third kappa shape index (κ3) is 3.94. The van der Waals surface area contributed by atoms with E-state index in [-0.39, 0.29) is 0 Å². The predicted molar refractivity (Wildman–Crippen MR) is 131 cm³/mol. The first-order chi connectivity index (χ1) is 15.3. The molecule has 0 atom stereocenters. The Hall–Kier alpha value is -2.79. The number of hydrogen-bond donors (Lipinski definition) is 4. The zero-order valence-corrected chi connectivity index (χ0v) is 18.6. The molecule has 5 rings (SSSR count). The normalized spacial score (nSPS) is 17.2. The van der Waals surface area contributed by atoms with E-state index in [1.807, 2.05) is 7.05 Å². The maximum Gasteiger partial charge on any atom is 0.140 e. The molecule has 0 unspecified atom stereocenters. The van der Waals surface area contributed by atoms with E-state index in [0.29, 0.717) is 5.92 Å². The lowest BCUT2D eigenvalue weighted by Crippen LogP contribution is -2.28. The van der Waals surface area contributed by atoms with Crippen LogP contribution in [-0.2, 0) is 12.8 Å². The minimum absolute atomic E-state index is 0.610. The molecule has 4 N–H and O–H groups in total. The van der Waals surface area contributed by atoms with Gasteiger partial charge in [-0.2, -0.15) is 0 Å². The fourth-order valence-electron chi connectivity index (χ4n) is 5.27. The Bertz CT molecular complexity index is 1100. The van der Waals surface area contributed by atoms with Crippen LogP contribution < -0.4 is 16.0 Å². The average molecular weight is 416 g/mol. The number of aromatic amines is 1. The lowest BCUT2D eigenvalue weighted by atomic mass is 9.84. The van der Waals surface area contributed by atoms with Crippen molar-refractivity contribution in [1.29, 1.82) is 0 Å². The van der Waals surface area contributed by atoms with Crippen LogP contribution in [-0.4, -0.2) is 30.1 Å². The summed E-state index contributed by atoms with van der Waals surface area (Å²) in [7, 11) is 2.01. The summed E-state index contributed by atoms with van der Waals surface area (Å²) in [6.07, 6.45) is 9.43. The molecule has 2 aromatic heterocycles. The summed E-state index contributed by atoms with van der Waals surface area (Å²) in [6, 6.07) is 10.9. The van der Waals surface area contributed by atoms with Crippen LogP contribution in [0.25, 0.3) is 16.6 Å². The lowest BCUT2D eigenvalue weighted by molar-refractivity contribution is 0.446. The molecule has 3 aromatic rings. The van der Waals surface area contributed by atoms with Gasteiger partial charge in [0, 0.05) is 35.1 Å². The standard InChI is InChI=1S/C26H33N5/c1-3-5-19(17-12-14-28-15-13-17)22-16-18(8-10-23(22)27-2)29-25-11-9-21-20-6-4-7-24(20)30-26(21)31-25/h5,8-11,16-17,27-28H,3-4,6-7,12-15H2,1-2H3,(H2,29,30,31). The molecular formula is C26H33N5. The summed E-state index contributed by atoms with van der Waals surface area (Å²) in [5, 5.41) is 11.7. The van der Waals surface area contributed by atoms with E-state index >= 15 is 0 Å². The maximum absolute atomic E-state index is 4.87. The summed E-state index contributed by atoms with van der Waals surface area (Å²) in [5.41, 5.74) is 8.89. The van der Waals surface area contributed by atoms with Crippen molar-refractivity contribution in [2.24, 2.45) is 5.92 Å². The maximum atomic E-state index is 4.87. The summed E-state index contributed by atoms with van der Waals surface area (Å²) in [6.45, 7) is 4.43. The summed E-state index contributed by atoms with van der Waals surface area (Å²) in [5.74, 6) is 1.50. The van der Waals surface area contributed by atoms with Gasteiger partial charge < -0.3 is 20.9 Å². The van der Waals surface area contributed by atoms with E-state index in [1.54, 1.807) is 0 Å². The van der Waals surface area contributed by atoms with Crippen LogP contribution in [0.15, 0.2) is 36.4 Å². The second kappa shape index (κ2) is 8.75. The van der Waals surface area contributed by atoms with E-state index in [4.69, 9.17) is 4.98 Å². The third-order valence-electron chi connectivity index (χ3n) is 6.78. The van der Waals surface area contributed by atoms with Crippen molar-refractivity contribution >= 4 is 33.8 Å². The van der Waals surface area contributed by atoms with Crippen LogP contribution >= 0.6 is 0 Å². The lowest BCUT2D eigenvalue weighted by Gasteiger charge is -2.27. The molecule has 31 heavy (non-hydrogen) atoms. The van der Waals surface area contributed by atoms with E-state index in [0.717, 1.165) is 43.1 Å². The van der Waals surface area contributed by atoms with Crippen molar-refractivity contribution in [2.75, 3.05) is 30.8 Å². The van der Waals surface area contributed by atoms with E-state index in [1.165, 1.54) is 59.2 Å². The van der Waals surface area contributed by atoms with Crippen LogP contribution in [0.4, 0.5) is 17.2 Å². The van der Waals surface area contributed by atoms with Crippen LogP contribution in [0.2, 0.25) is 0 Å². The number of allylic oxidation sites excluding steroid dienone is 2. The van der Waals surface area contributed by atoms with Gasteiger partial charge in [-0.3, -0.25) is 0 Å². The number of fused-ring (bicyclic) bond motifs is 3. The van der Waals surface area contributed by atoms with Crippen LogP contribution in [0, 0.1) is 5.92 Å². The van der Waals surface area contributed by atoms with Crippen molar-refractivity contribution < 1.29 is 0 Å². The molecule has 0 spiro atoms. The fourth-order valence-corrected chi connectivity index (χ4v) is 5.27. The fraction of sp³-hybridized carbons (Fsp3) is 0.423. The third-order valence-corrected chi connectivity index (χ3v) is 6.78. The molecule has 0 radical (unpaired) electrons. The highest BCUT2D eigenvalue weighted by Gasteiger charge is 2.21. The van der Waals surface area contributed by atoms with Crippen molar-refractivity contribution in [3.63, 3.8) is 0 Å². The van der Waals surface area contributed by atoms with E-state index in [2.05, 4.69) is 64.3 Å². The molecular weight excluding hydrogens is 382 g/mol. The monoisotopic (exact) mass is 415 g/mol. The number of pyridine rings is 1. The number of piperidine rings is 1. The summed E-state index contributed by atoms with van der Waals surface area (Å²) in [4.78, 5) is 8.41. The zero-order valence-electron chi connectivity index (χ0n) is 18.6. The van der Waals surface area contributed by atoms with Crippen molar-refractivity contribution in [1.82, 2.24) is 15.3 Å². The van der Waals surface area contributed by atoms with Crippen LogP contribution in [0.3, 0.4) is 0 Å². The Balaban J connectivity index is 1.46. The quantitative estimate of drug-likeness (QED) is 0.421. The Morgan fingerprint density at radius 2 is 2.03 bits per heavy atom. The van der Waals surface area contributed by atoms with Gasteiger partial charge in [0.25, 0.3) is 0 Å². The molecule has 5 nitrogen and oxygen atoms in total. The van der Waals surface area contributed by atoms with Crippen molar-refractivity contribution in [3.05, 3.63) is 53.2 Å². The number of benzene rings is 1. The highest BCUT2D eigenvalue weighted by molar-refractivity contribution is 5.85. The van der Waals surface area contributed by atoms with Crippen molar-refractivity contribution in [3.8, 4) is 0 Å². The van der Waals surface area contributed by atoms with Crippen molar-refractivity contribution in [2.45, 2.75) is 45.4 Å². The number of nitrogens with zero attached hydrogens (tertiary/aromatic N) is 1. The minimum Gasteiger partial charge on any atom is -0.388 e. The van der Waals surface area contributed by atoms with Gasteiger partial charge in [0.05, 0.1) is 0 Å². The smallest absolute Gasteiger partial charge is 0.140 e. The Morgan fingerprint density at radius 1 is 1.16 bits per heavy atom. The summed E-state index contributed by atoms with van der Waals surface area (Å²) >= 11 is 0. The van der Waals surface area contributed by atoms with Gasteiger partial charge >= 0.3 is 0 Å². The number of aryl methyl sites for hydroxylation is 2. The highest BCUT2D eigenvalue weighted by atomic mass is 15.0. The number of hydrogen-bond acceptors (Lipinski definition) is 4. The molecule has 0 amide bonds. The average Bonchev–Trinajstić information content (AvgIpc) is 3.39. The van der Waals surface area contributed by atoms with Crippen LogP contribution in [0.5, 0.6) is 0 Å². The molecule has 0 saturated carbocycles. The number of rotatable bonds is 6. The number of H-pyrrole nitrogens is 1. The van der Waals surface area contributed by atoms with E-state index in [9.17, 15) is 0 Å².